The van der Waals surface area contributed by atoms with E-state index in [0.29, 0.717) is 18.9 Å². The molecule has 23 heavy (non-hydrogen) atoms. The van der Waals surface area contributed by atoms with Gasteiger partial charge in [-0.25, -0.2) is 0 Å². The first kappa shape index (κ1) is 19.0. The monoisotopic (exact) mass is 323 g/mol. The Labute approximate surface area is 137 Å². The molecule has 0 spiro atoms. The summed E-state index contributed by atoms with van der Waals surface area (Å²) in [7, 11) is 2.89. The van der Waals surface area contributed by atoms with Gasteiger partial charge in [-0.1, -0.05) is 19.1 Å². The van der Waals surface area contributed by atoms with Crippen LogP contribution in [0.15, 0.2) is 24.3 Å². The van der Waals surface area contributed by atoms with Crippen LogP contribution < -0.4 is 4.74 Å². The Morgan fingerprint density at radius 3 is 2.35 bits per heavy atom. The molecule has 0 bridgehead atoms. The summed E-state index contributed by atoms with van der Waals surface area (Å²) in [6.07, 6.45) is 1.11. The smallest absolute Gasteiger partial charge is 0.307 e. The molecular formula is C17H25NO5. The van der Waals surface area contributed by atoms with E-state index in [-0.39, 0.29) is 31.4 Å². The van der Waals surface area contributed by atoms with Crippen molar-refractivity contribution in [3.05, 3.63) is 29.8 Å². The number of esters is 1. The third-order valence-electron chi connectivity index (χ3n) is 3.43. The van der Waals surface area contributed by atoms with Crippen molar-refractivity contribution in [3.8, 4) is 5.75 Å². The van der Waals surface area contributed by atoms with E-state index in [4.69, 9.17) is 9.47 Å². The van der Waals surface area contributed by atoms with Crippen LogP contribution in [0.5, 0.6) is 5.75 Å². The first-order chi connectivity index (χ1) is 11.1. The number of carbonyl (C=O) groups excluding carboxylic acids is 2. The van der Waals surface area contributed by atoms with Crippen LogP contribution in [-0.4, -0.2) is 57.3 Å². The maximum Gasteiger partial charge on any atom is 0.307 e. The summed E-state index contributed by atoms with van der Waals surface area (Å²) in [5.74, 6) is 0.108. The molecule has 0 radical (unpaired) electrons. The topological polar surface area (TPSA) is 65.1 Å². The maximum absolute atomic E-state index is 12.2. The van der Waals surface area contributed by atoms with E-state index in [9.17, 15) is 9.59 Å². The zero-order valence-corrected chi connectivity index (χ0v) is 14.0. The highest BCUT2D eigenvalue weighted by Crippen LogP contribution is 2.12. The summed E-state index contributed by atoms with van der Waals surface area (Å²) < 4.78 is 15.1. The fraction of sp³-hybridized carbons (Fsp3) is 0.529. The SMILES string of the molecule is CCc1ccc(OCC(=O)N(CCOC)CCC(=O)OC)cc1. The highest BCUT2D eigenvalue weighted by atomic mass is 16.5. The number of hydrogen-bond acceptors (Lipinski definition) is 5. The Bertz CT molecular complexity index is 486. The van der Waals surface area contributed by atoms with Gasteiger partial charge in [0.1, 0.15) is 5.75 Å². The second-order valence-corrected chi connectivity index (χ2v) is 4.99. The lowest BCUT2D eigenvalue weighted by Crippen LogP contribution is -2.38. The van der Waals surface area contributed by atoms with Gasteiger partial charge >= 0.3 is 5.97 Å². The quantitative estimate of drug-likeness (QED) is 0.613. The molecule has 0 saturated heterocycles. The average molecular weight is 323 g/mol. The van der Waals surface area contributed by atoms with Gasteiger partial charge < -0.3 is 19.1 Å². The van der Waals surface area contributed by atoms with Crippen LogP contribution in [0.3, 0.4) is 0 Å². The van der Waals surface area contributed by atoms with E-state index in [0.717, 1.165) is 6.42 Å². The van der Waals surface area contributed by atoms with Gasteiger partial charge in [-0.3, -0.25) is 9.59 Å². The molecule has 1 aromatic carbocycles. The van der Waals surface area contributed by atoms with E-state index < -0.39 is 0 Å². The second kappa shape index (κ2) is 10.6. The Kier molecular flexibility index (Phi) is 8.75. The Hall–Kier alpha value is -2.08. The first-order valence-electron chi connectivity index (χ1n) is 7.66. The first-order valence-corrected chi connectivity index (χ1v) is 7.66. The minimum absolute atomic E-state index is 0.0731. The molecule has 0 aromatic heterocycles. The molecule has 6 heteroatoms. The third kappa shape index (κ3) is 7.15. The molecule has 6 nitrogen and oxygen atoms in total. The molecule has 0 heterocycles. The number of ether oxygens (including phenoxy) is 3. The van der Waals surface area contributed by atoms with Crippen molar-refractivity contribution in [2.24, 2.45) is 0 Å². The van der Waals surface area contributed by atoms with Gasteiger partial charge in [-0.2, -0.15) is 0 Å². The van der Waals surface area contributed by atoms with Crippen LogP contribution >= 0.6 is 0 Å². The predicted molar refractivity (Wildman–Crippen MR) is 86.4 cm³/mol. The number of carbonyl (C=O) groups is 2. The molecule has 0 saturated carbocycles. The molecule has 0 aliphatic rings. The summed E-state index contributed by atoms with van der Waals surface area (Å²) in [5, 5.41) is 0. The van der Waals surface area contributed by atoms with Crippen molar-refractivity contribution in [3.63, 3.8) is 0 Å². The fourth-order valence-electron chi connectivity index (χ4n) is 1.95. The Balaban J connectivity index is 2.51. The molecule has 0 N–H and O–H groups in total. The van der Waals surface area contributed by atoms with E-state index >= 15 is 0 Å². The van der Waals surface area contributed by atoms with Crippen LogP contribution in [0.25, 0.3) is 0 Å². The fourth-order valence-corrected chi connectivity index (χ4v) is 1.95. The van der Waals surface area contributed by atoms with Gasteiger partial charge in [0, 0.05) is 20.2 Å². The lowest BCUT2D eigenvalue weighted by atomic mass is 10.2. The number of methoxy groups -OCH3 is 2. The molecule has 0 aliphatic heterocycles. The zero-order chi connectivity index (χ0) is 17.1. The summed E-state index contributed by atoms with van der Waals surface area (Å²) in [6.45, 7) is 3.10. The van der Waals surface area contributed by atoms with E-state index in [1.54, 1.807) is 12.0 Å². The van der Waals surface area contributed by atoms with Crippen LogP contribution in [0, 0.1) is 0 Å². The number of amides is 1. The predicted octanol–water partition coefficient (Wildman–Crippen LogP) is 1.67. The number of nitrogens with zero attached hydrogens (tertiary/aromatic N) is 1. The van der Waals surface area contributed by atoms with E-state index in [1.165, 1.54) is 12.7 Å². The zero-order valence-electron chi connectivity index (χ0n) is 14.0. The van der Waals surface area contributed by atoms with Crippen LogP contribution in [-0.2, 0) is 25.5 Å². The van der Waals surface area contributed by atoms with Crippen LogP contribution in [0.1, 0.15) is 18.9 Å². The standard InChI is InChI=1S/C17H25NO5/c1-4-14-5-7-15(8-6-14)23-13-16(19)18(11-12-21-2)10-9-17(20)22-3/h5-8H,4,9-13H2,1-3H3. The average Bonchev–Trinajstić information content (AvgIpc) is 2.59. The highest BCUT2D eigenvalue weighted by molar-refractivity contribution is 5.78. The summed E-state index contributed by atoms with van der Waals surface area (Å²) >= 11 is 0. The van der Waals surface area contributed by atoms with E-state index in [2.05, 4.69) is 11.7 Å². The second-order valence-electron chi connectivity index (χ2n) is 4.99. The van der Waals surface area contributed by atoms with Gasteiger partial charge in [-0.15, -0.1) is 0 Å². The van der Waals surface area contributed by atoms with Crippen LogP contribution in [0.2, 0.25) is 0 Å². The molecular weight excluding hydrogens is 298 g/mol. The number of aryl methyl sites for hydroxylation is 1. The summed E-state index contributed by atoms with van der Waals surface area (Å²) in [6, 6.07) is 7.64. The number of benzene rings is 1. The van der Waals surface area contributed by atoms with Gasteiger partial charge in [0.25, 0.3) is 5.91 Å². The molecule has 1 rings (SSSR count). The highest BCUT2D eigenvalue weighted by Gasteiger charge is 2.15. The molecule has 1 aromatic rings. The molecule has 0 atom stereocenters. The number of hydrogen-bond donors (Lipinski definition) is 0. The lowest BCUT2D eigenvalue weighted by Gasteiger charge is -2.22. The molecule has 0 aliphatic carbocycles. The Morgan fingerprint density at radius 2 is 1.78 bits per heavy atom. The van der Waals surface area contributed by atoms with Gasteiger partial charge in [0.2, 0.25) is 0 Å². The summed E-state index contributed by atoms with van der Waals surface area (Å²) in [5.41, 5.74) is 1.21. The van der Waals surface area contributed by atoms with Gasteiger partial charge in [-0.05, 0) is 24.1 Å². The third-order valence-corrected chi connectivity index (χ3v) is 3.43. The number of rotatable bonds is 10. The van der Waals surface area contributed by atoms with Crippen molar-refractivity contribution in [1.82, 2.24) is 4.90 Å². The van der Waals surface area contributed by atoms with Crippen molar-refractivity contribution in [2.75, 3.05) is 40.5 Å². The van der Waals surface area contributed by atoms with Crippen molar-refractivity contribution in [2.45, 2.75) is 19.8 Å². The minimum Gasteiger partial charge on any atom is -0.484 e. The normalized spacial score (nSPS) is 10.2. The molecule has 0 unspecified atom stereocenters. The molecule has 1 amide bonds. The van der Waals surface area contributed by atoms with Crippen LogP contribution in [0.4, 0.5) is 0 Å². The van der Waals surface area contributed by atoms with E-state index in [1.807, 2.05) is 24.3 Å². The van der Waals surface area contributed by atoms with Gasteiger partial charge in [0.15, 0.2) is 6.61 Å². The maximum atomic E-state index is 12.2. The largest absolute Gasteiger partial charge is 0.484 e. The van der Waals surface area contributed by atoms with Gasteiger partial charge in [0.05, 0.1) is 20.1 Å². The van der Waals surface area contributed by atoms with Crippen molar-refractivity contribution < 1.29 is 23.8 Å². The molecule has 128 valence electrons. The lowest BCUT2D eigenvalue weighted by molar-refractivity contribution is -0.142. The van der Waals surface area contributed by atoms with Crippen molar-refractivity contribution in [1.29, 1.82) is 0 Å². The summed E-state index contributed by atoms with van der Waals surface area (Å²) in [4.78, 5) is 25.0. The minimum atomic E-state index is -0.351. The Morgan fingerprint density at radius 1 is 1.09 bits per heavy atom. The van der Waals surface area contributed by atoms with Crippen molar-refractivity contribution >= 4 is 11.9 Å². The molecule has 0 fully saturated rings.